The minimum Gasteiger partial charge on any atom is -0.381 e. The van der Waals surface area contributed by atoms with Crippen LogP contribution < -0.4 is 5.73 Å². The molecule has 0 bridgehead atoms. The minimum absolute atomic E-state index is 0. The molecule has 154 valence electrons. The van der Waals surface area contributed by atoms with Gasteiger partial charge in [0.25, 0.3) is 0 Å². The monoisotopic (exact) mass is 425 g/mol. The van der Waals surface area contributed by atoms with Gasteiger partial charge in [-0.25, -0.2) is 0 Å². The Hall–Kier alpha value is -1.37. The molecule has 2 aromatic rings. The molecule has 1 amide bonds. The highest BCUT2D eigenvalue weighted by atomic mass is 35.5. The number of amides is 1. The number of carbonyl (C=O) groups is 1. The van der Waals surface area contributed by atoms with Crippen LogP contribution in [-0.2, 0) is 16.1 Å². The van der Waals surface area contributed by atoms with Crippen LogP contribution in [0.5, 0.6) is 0 Å². The molecule has 7 heteroatoms. The highest BCUT2D eigenvalue weighted by molar-refractivity contribution is 5.87. The predicted octanol–water partition coefficient (Wildman–Crippen LogP) is 2.84. The largest absolute Gasteiger partial charge is 0.381 e. The summed E-state index contributed by atoms with van der Waals surface area (Å²) in [7, 11) is 0. The zero-order chi connectivity index (χ0) is 18.0. The molecule has 2 fully saturated rings. The van der Waals surface area contributed by atoms with Crippen LogP contribution >= 0.6 is 24.8 Å². The summed E-state index contributed by atoms with van der Waals surface area (Å²) in [5.74, 6) is 0.102. The van der Waals surface area contributed by atoms with E-state index in [4.69, 9.17) is 10.5 Å². The number of fused-ring (bicyclic) bond motifs is 1. The Labute approximate surface area is 179 Å². The van der Waals surface area contributed by atoms with Gasteiger partial charge in [-0.1, -0.05) is 42.5 Å². The lowest BCUT2D eigenvalue weighted by atomic mass is 9.89. The van der Waals surface area contributed by atoms with E-state index in [0.717, 1.165) is 32.7 Å². The Balaban J connectivity index is 0.00000140. The van der Waals surface area contributed by atoms with Crippen LogP contribution in [0.25, 0.3) is 10.8 Å². The molecule has 5 nitrogen and oxygen atoms in total. The van der Waals surface area contributed by atoms with Crippen molar-refractivity contribution in [3.05, 3.63) is 48.0 Å². The van der Waals surface area contributed by atoms with Crippen molar-refractivity contribution in [1.82, 2.24) is 9.80 Å². The Morgan fingerprint density at radius 3 is 2.32 bits per heavy atom. The first-order valence-corrected chi connectivity index (χ1v) is 9.51. The van der Waals surface area contributed by atoms with Gasteiger partial charge >= 0.3 is 0 Å². The van der Waals surface area contributed by atoms with E-state index in [-0.39, 0.29) is 30.7 Å². The third kappa shape index (κ3) is 4.78. The molecule has 2 heterocycles. The number of hydrogen-bond acceptors (Lipinski definition) is 4. The molecule has 28 heavy (non-hydrogen) atoms. The average molecular weight is 426 g/mol. The van der Waals surface area contributed by atoms with Crippen LogP contribution in [0.1, 0.15) is 18.4 Å². The van der Waals surface area contributed by atoms with E-state index in [1.807, 2.05) is 4.90 Å². The number of carbonyl (C=O) groups excluding carboxylic acids is 1. The third-order valence-corrected chi connectivity index (χ3v) is 5.74. The molecule has 2 aromatic carbocycles. The first-order valence-electron chi connectivity index (χ1n) is 9.51. The number of nitrogens with zero attached hydrogens (tertiary/aromatic N) is 2. The number of halogens is 2. The average Bonchev–Trinajstić information content (AvgIpc) is 2.69. The Kier molecular flexibility index (Phi) is 8.10. The standard InChI is InChI=1S/C21H27N3O2.2ClH/c22-21(8-14-26-15-9-21)20(25)24-12-10-23(11-13-24)16-18-6-3-5-17-4-1-2-7-19(17)18;;/h1-7H,8-16,22H2;2*1H. The van der Waals surface area contributed by atoms with E-state index in [0.29, 0.717) is 26.1 Å². The molecule has 2 aliphatic rings. The van der Waals surface area contributed by atoms with E-state index in [1.54, 1.807) is 0 Å². The van der Waals surface area contributed by atoms with Gasteiger partial charge in [0.05, 0.1) is 5.54 Å². The summed E-state index contributed by atoms with van der Waals surface area (Å²) in [6, 6.07) is 15.0. The normalized spacial score (nSPS) is 19.5. The second kappa shape index (κ2) is 9.90. The maximum Gasteiger partial charge on any atom is 0.242 e. The molecule has 0 aromatic heterocycles. The van der Waals surface area contributed by atoms with Gasteiger partial charge in [0.15, 0.2) is 0 Å². The van der Waals surface area contributed by atoms with Crippen molar-refractivity contribution in [3.63, 3.8) is 0 Å². The fourth-order valence-corrected chi connectivity index (χ4v) is 4.04. The van der Waals surface area contributed by atoms with Gasteiger partial charge in [0, 0.05) is 45.9 Å². The highest BCUT2D eigenvalue weighted by Gasteiger charge is 2.39. The molecule has 0 unspecified atom stereocenters. The van der Waals surface area contributed by atoms with Crippen molar-refractivity contribution in [3.8, 4) is 0 Å². The number of hydrogen-bond donors (Lipinski definition) is 1. The molecule has 4 rings (SSSR count). The van der Waals surface area contributed by atoms with Crippen molar-refractivity contribution in [2.75, 3.05) is 39.4 Å². The van der Waals surface area contributed by atoms with E-state index in [2.05, 4.69) is 47.4 Å². The molecule has 0 saturated carbocycles. The molecular formula is C21H29Cl2N3O2. The molecule has 0 radical (unpaired) electrons. The van der Waals surface area contributed by atoms with Gasteiger partial charge in [-0.3, -0.25) is 9.69 Å². The lowest BCUT2D eigenvalue weighted by Crippen LogP contribution is -2.61. The molecule has 2 N–H and O–H groups in total. The summed E-state index contributed by atoms with van der Waals surface area (Å²) in [6.07, 6.45) is 1.25. The lowest BCUT2D eigenvalue weighted by molar-refractivity contribution is -0.142. The second-order valence-electron chi connectivity index (χ2n) is 7.48. The van der Waals surface area contributed by atoms with Crippen LogP contribution in [0.2, 0.25) is 0 Å². The van der Waals surface area contributed by atoms with Crippen LogP contribution in [0.15, 0.2) is 42.5 Å². The molecule has 2 saturated heterocycles. The predicted molar refractivity (Wildman–Crippen MR) is 117 cm³/mol. The van der Waals surface area contributed by atoms with Crippen molar-refractivity contribution >= 4 is 41.5 Å². The zero-order valence-corrected chi connectivity index (χ0v) is 17.6. The Bertz CT molecular complexity index is 783. The number of piperazine rings is 1. The van der Waals surface area contributed by atoms with Crippen molar-refractivity contribution in [2.24, 2.45) is 5.73 Å². The molecule has 0 atom stereocenters. The third-order valence-electron chi connectivity index (χ3n) is 5.74. The molecule has 0 spiro atoms. The quantitative estimate of drug-likeness (QED) is 0.820. The minimum atomic E-state index is -0.726. The summed E-state index contributed by atoms with van der Waals surface area (Å²) in [5.41, 5.74) is 6.99. The van der Waals surface area contributed by atoms with Gasteiger partial charge in [0.1, 0.15) is 0 Å². The molecule has 0 aliphatic carbocycles. The Morgan fingerprint density at radius 1 is 0.964 bits per heavy atom. The zero-order valence-electron chi connectivity index (χ0n) is 16.0. The first kappa shape index (κ1) is 22.9. The van der Waals surface area contributed by atoms with Gasteiger partial charge in [-0.15, -0.1) is 24.8 Å². The maximum absolute atomic E-state index is 12.8. The highest BCUT2D eigenvalue weighted by Crippen LogP contribution is 2.23. The summed E-state index contributed by atoms with van der Waals surface area (Å²) in [4.78, 5) is 17.2. The number of ether oxygens (including phenoxy) is 1. The first-order chi connectivity index (χ1) is 12.7. The van der Waals surface area contributed by atoms with E-state index in [9.17, 15) is 4.79 Å². The summed E-state index contributed by atoms with van der Waals surface area (Å²) in [5, 5.41) is 2.60. The van der Waals surface area contributed by atoms with Gasteiger partial charge in [-0.2, -0.15) is 0 Å². The molecule has 2 aliphatic heterocycles. The topological polar surface area (TPSA) is 58.8 Å². The SMILES string of the molecule is Cl.Cl.NC1(C(=O)N2CCN(Cc3cccc4ccccc34)CC2)CCOCC1. The maximum atomic E-state index is 12.8. The number of nitrogens with two attached hydrogens (primary N) is 1. The van der Waals surface area contributed by atoms with E-state index in [1.165, 1.54) is 16.3 Å². The van der Waals surface area contributed by atoms with E-state index >= 15 is 0 Å². The van der Waals surface area contributed by atoms with Crippen molar-refractivity contribution < 1.29 is 9.53 Å². The Morgan fingerprint density at radius 2 is 1.61 bits per heavy atom. The summed E-state index contributed by atoms with van der Waals surface area (Å²) < 4.78 is 5.36. The van der Waals surface area contributed by atoms with E-state index < -0.39 is 5.54 Å². The van der Waals surface area contributed by atoms with Gasteiger partial charge < -0.3 is 15.4 Å². The van der Waals surface area contributed by atoms with Crippen LogP contribution in [-0.4, -0.2) is 60.6 Å². The van der Waals surface area contributed by atoms with Gasteiger partial charge in [-0.05, 0) is 29.2 Å². The summed E-state index contributed by atoms with van der Waals surface area (Å²) in [6.45, 7) is 5.38. The molecular weight excluding hydrogens is 397 g/mol. The number of benzene rings is 2. The fourth-order valence-electron chi connectivity index (χ4n) is 4.04. The summed E-state index contributed by atoms with van der Waals surface area (Å²) >= 11 is 0. The second-order valence-corrected chi connectivity index (χ2v) is 7.48. The fraction of sp³-hybridized carbons (Fsp3) is 0.476. The smallest absolute Gasteiger partial charge is 0.242 e. The number of rotatable bonds is 3. The lowest BCUT2D eigenvalue weighted by Gasteiger charge is -2.41. The van der Waals surface area contributed by atoms with Crippen LogP contribution in [0.4, 0.5) is 0 Å². The van der Waals surface area contributed by atoms with Crippen molar-refractivity contribution in [1.29, 1.82) is 0 Å². The van der Waals surface area contributed by atoms with Crippen LogP contribution in [0, 0.1) is 0 Å². The van der Waals surface area contributed by atoms with Crippen molar-refractivity contribution in [2.45, 2.75) is 24.9 Å². The van der Waals surface area contributed by atoms with Gasteiger partial charge in [0.2, 0.25) is 5.91 Å². The van der Waals surface area contributed by atoms with Crippen LogP contribution in [0.3, 0.4) is 0 Å².